The summed E-state index contributed by atoms with van der Waals surface area (Å²) in [7, 11) is 0. The number of amides is 1. The van der Waals surface area contributed by atoms with Crippen LogP contribution in [0.25, 0.3) is 0 Å². The smallest absolute Gasteiger partial charge is 0.407 e. The third kappa shape index (κ3) is 5.72. The average molecular weight is 282 g/mol. The van der Waals surface area contributed by atoms with Crippen LogP contribution in [0.4, 0.5) is 4.79 Å². The van der Waals surface area contributed by atoms with E-state index in [4.69, 9.17) is 4.74 Å². The van der Waals surface area contributed by atoms with Crippen molar-refractivity contribution in [2.75, 3.05) is 13.2 Å². The predicted molar refractivity (Wildman–Crippen MR) is 83.5 cm³/mol. The Balaban J connectivity index is 2.33. The Morgan fingerprint density at radius 1 is 1.25 bits per heavy atom. The van der Waals surface area contributed by atoms with Crippen LogP contribution >= 0.6 is 0 Å². The van der Waals surface area contributed by atoms with Crippen LogP contribution in [-0.4, -0.2) is 19.2 Å². The van der Waals surface area contributed by atoms with E-state index in [9.17, 15) is 4.79 Å². The lowest BCUT2D eigenvalue weighted by molar-refractivity contribution is 0.103. The van der Waals surface area contributed by atoms with Crippen LogP contribution in [0, 0.1) is 23.2 Å². The summed E-state index contributed by atoms with van der Waals surface area (Å²) >= 11 is 0. The van der Waals surface area contributed by atoms with E-state index in [0.29, 0.717) is 24.5 Å². The molecule has 3 heteroatoms. The molecule has 1 atom stereocenters. The Labute approximate surface area is 124 Å². The first-order chi connectivity index (χ1) is 9.30. The second-order valence-electron chi connectivity index (χ2n) is 7.48. The lowest BCUT2D eigenvalue weighted by Gasteiger charge is -2.42. The van der Waals surface area contributed by atoms with Gasteiger partial charge in [-0.3, -0.25) is 0 Å². The highest BCUT2D eigenvalue weighted by molar-refractivity contribution is 5.67. The second-order valence-corrected chi connectivity index (χ2v) is 7.48. The molecule has 20 heavy (non-hydrogen) atoms. The van der Waals surface area contributed by atoms with Crippen LogP contribution in [0.5, 0.6) is 0 Å². The molecule has 1 aliphatic carbocycles. The van der Waals surface area contributed by atoms with Gasteiger partial charge in [-0.1, -0.05) is 47.5 Å². The quantitative estimate of drug-likeness (QED) is 0.775. The molecule has 0 bridgehead atoms. The van der Waals surface area contributed by atoms with Crippen LogP contribution in [0.1, 0.15) is 66.7 Å². The SMILES string of the molecule is CCC(CC)COC(=O)NCC1(C)C[CH]CC(C)(C)C1. The van der Waals surface area contributed by atoms with Crippen molar-refractivity contribution in [2.45, 2.75) is 66.7 Å². The Morgan fingerprint density at radius 2 is 1.90 bits per heavy atom. The molecule has 1 radical (unpaired) electrons. The van der Waals surface area contributed by atoms with Gasteiger partial charge in [0.1, 0.15) is 0 Å². The Morgan fingerprint density at radius 3 is 2.45 bits per heavy atom. The van der Waals surface area contributed by atoms with Gasteiger partial charge in [-0.2, -0.15) is 0 Å². The maximum Gasteiger partial charge on any atom is 0.407 e. The summed E-state index contributed by atoms with van der Waals surface area (Å²) in [5.74, 6) is 0.485. The zero-order valence-electron chi connectivity index (χ0n) is 13.9. The van der Waals surface area contributed by atoms with E-state index in [-0.39, 0.29) is 11.5 Å². The van der Waals surface area contributed by atoms with Gasteiger partial charge in [0, 0.05) is 6.54 Å². The van der Waals surface area contributed by atoms with Crippen molar-refractivity contribution in [3.8, 4) is 0 Å². The predicted octanol–water partition coefficient (Wildman–Crippen LogP) is 4.57. The standard InChI is InChI=1S/C17H32NO2/c1-6-14(7-2)11-20-15(19)18-13-17(5)10-8-9-16(3,4)12-17/h8,14H,6-7,9-13H2,1-5H3,(H,18,19). The molecule has 1 aliphatic rings. The van der Waals surface area contributed by atoms with Crippen molar-refractivity contribution in [1.82, 2.24) is 5.32 Å². The summed E-state index contributed by atoms with van der Waals surface area (Å²) in [6.45, 7) is 12.4. The minimum absolute atomic E-state index is 0.162. The molecule has 0 aliphatic heterocycles. The first-order valence-corrected chi connectivity index (χ1v) is 8.02. The first kappa shape index (κ1) is 17.3. The van der Waals surface area contributed by atoms with E-state index in [1.807, 2.05) is 0 Å². The molecule has 117 valence electrons. The van der Waals surface area contributed by atoms with Crippen molar-refractivity contribution in [3.63, 3.8) is 0 Å². The van der Waals surface area contributed by atoms with E-state index < -0.39 is 0 Å². The highest BCUT2D eigenvalue weighted by Gasteiger charge is 2.36. The number of ether oxygens (including phenoxy) is 1. The van der Waals surface area contributed by atoms with Crippen LogP contribution in [0.15, 0.2) is 0 Å². The monoisotopic (exact) mass is 282 g/mol. The van der Waals surface area contributed by atoms with Crippen LogP contribution in [0.2, 0.25) is 0 Å². The summed E-state index contributed by atoms with van der Waals surface area (Å²) in [6.07, 6.45) is 7.60. The summed E-state index contributed by atoms with van der Waals surface area (Å²) in [6, 6.07) is 0. The van der Waals surface area contributed by atoms with Gasteiger partial charge in [-0.15, -0.1) is 0 Å². The van der Waals surface area contributed by atoms with Crippen molar-refractivity contribution in [3.05, 3.63) is 6.42 Å². The van der Waals surface area contributed by atoms with E-state index in [2.05, 4.69) is 46.4 Å². The average Bonchev–Trinajstić information content (AvgIpc) is 2.36. The van der Waals surface area contributed by atoms with Gasteiger partial charge in [-0.25, -0.2) is 4.79 Å². The largest absolute Gasteiger partial charge is 0.449 e. The number of carbonyl (C=O) groups excluding carboxylic acids is 1. The molecule has 0 heterocycles. The van der Waals surface area contributed by atoms with E-state index >= 15 is 0 Å². The van der Waals surface area contributed by atoms with Gasteiger partial charge >= 0.3 is 6.09 Å². The topological polar surface area (TPSA) is 38.3 Å². The molecule has 1 saturated carbocycles. The number of nitrogens with one attached hydrogen (secondary N) is 1. The Kier molecular flexibility index (Phi) is 6.35. The van der Waals surface area contributed by atoms with Crippen LogP contribution in [0.3, 0.4) is 0 Å². The molecule has 3 nitrogen and oxygen atoms in total. The highest BCUT2D eigenvalue weighted by atomic mass is 16.5. The number of hydrogen-bond acceptors (Lipinski definition) is 2. The first-order valence-electron chi connectivity index (χ1n) is 8.02. The number of rotatable bonds is 6. The summed E-state index contributed by atoms with van der Waals surface area (Å²) < 4.78 is 5.31. The van der Waals surface area contributed by atoms with Crippen molar-refractivity contribution >= 4 is 6.09 Å². The molecule has 0 aromatic carbocycles. The Hall–Kier alpha value is -0.730. The van der Waals surface area contributed by atoms with E-state index in [0.717, 1.165) is 25.7 Å². The van der Waals surface area contributed by atoms with Crippen molar-refractivity contribution in [2.24, 2.45) is 16.7 Å². The number of hydrogen-bond donors (Lipinski definition) is 1. The summed E-state index contributed by atoms with van der Waals surface area (Å²) in [5, 5.41) is 2.95. The van der Waals surface area contributed by atoms with E-state index in [1.54, 1.807) is 0 Å². The maximum atomic E-state index is 11.8. The molecule has 1 rings (SSSR count). The number of carbonyl (C=O) groups is 1. The molecule has 0 aromatic rings. The van der Waals surface area contributed by atoms with Gasteiger partial charge < -0.3 is 10.1 Å². The van der Waals surface area contributed by atoms with Crippen LogP contribution < -0.4 is 5.32 Å². The fraction of sp³-hybridized carbons (Fsp3) is 0.882. The third-order valence-corrected chi connectivity index (χ3v) is 4.50. The van der Waals surface area contributed by atoms with Gasteiger partial charge in [-0.05, 0) is 42.4 Å². The molecule has 1 N–H and O–H groups in total. The van der Waals surface area contributed by atoms with Gasteiger partial charge in [0.15, 0.2) is 0 Å². The minimum atomic E-state index is -0.262. The zero-order chi connectivity index (χ0) is 15.2. The molecule has 0 spiro atoms. The van der Waals surface area contributed by atoms with Crippen LogP contribution in [-0.2, 0) is 4.74 Å². The van der Waals surface area contributed by atoms with Crippen molar-refractivity contribution < 1.29 is 9.53 Å². The number of alkyl carbamates (subject to hydrolysis) is 1. The molecule has 1 fully saturated rings. The Bertz CT molecular complexity index is 310. The lowest BCUT2D eigenvalue weighted by Crippen LogP contribution is -2.41. The molecular weight excluding hydrogens is 250 g/mol. The third-order valence-electron chi connectivity index (χ3n) is 4.50. The molecule has 1 amide bonds. The van der Waals surface area contributed by atoms with Gasteiger partial charge in [0.25, 0.3) is 0 Å². The molecule has 1 unspecified atom stereocenters. The molecule has 0 saturated heterocycles. The maximum absolute atomic E-state index is 11.8. The molecular formula is C17H32NO2. The normalized spacial score (nSPS) is 25.5. The second kappa shape index (κ2) is 7.33. The van der Waals surface area contributed by atoms with E-state index in [1.165, 1.54) is 6.42 Å². The zero-order valence-corrected chi connectivity index (χ0v) is 13.9. The lowest BCUT2D eigenvalue weighted by atomic mass is 9.64. The summed E-state index contributed by atoms with van der Waals surface area (Å²) in [4.78, 5) is 11.8. The minimum Gasteiger partial charge on any atom is -0.449 e. The van der Waals surface area contributed by atoms with Gasteiger partial charge in [0.05, 0.1) is 6.61 Å². The summed E-state index contributed by atoms with van der Waals surface area (Å²) in [5.41, 5.74) is 0.504. The fourth-order valence-electron chi connectivity index (χ4n) is 3.30. The molecule has 0 aromatic heterocycles. The highest BCUT2D eigenvalue weighted by Crippen LogP contribution is 2.45. The fourth-order valence-corrected chi connectivity index (χ4v) is 3.30. The van der Waals surface area contributed by atoms with Gasteiger partial charge in [0.2, 0.25) is 0 Å². The van der Waals surface area contributed by atoms with Crippen molar-refractivity contribution in [1.29, 1.82) is 0 Å².